The minimum atomic E-state index is -0.626. The van der Waals surface area contributed by atoms with E-state index in [2.05, 4.69) is 72.1 Å². The van der Waals surface area contributed by atoms with E-state index in [1.165, 1.54) is 73.7 Å². The molecule has 7 amide bonds. The monoisotopic (exact) mass is 793 g/mol. The van der Waals surface area contributed by atoms with E-state index >= 15 is 0 Å². The first-order chi connectivity index (χ1) is 27.9. The van der Waals surface area contributed by atoms with Crippen molar-refractivity contribution >= 4 is 69.8 Å². The van der Waals surface area contributed by atoms with Crippen LogP contribution in [0, 0.1) is 0 Å². The molecular weight excluding hydrogens is 754 g/mol. The van der Waals surface area contributed by atoms with Crippen LogP contribution in [0.2, 0.25) is 0 Å². The first-order valence-corrected chi connectivity index (χ1v) is 17.6. The topological polar surface area (TPSA) is 315 Å². The second-order valence-corrected chi connectivity index (χ2v) is 12.9. The summed E-state index contributed by atoms with van der Waals surface area (Å²) in [6.07, 6.45) is 10.9. The molecule has 0 saturated carbocycles. The van der Waals surface area contributed by atoms with Crippen LogP contribution < -0.4 is 37.2 Å². The van der Waals surface area contributed by atoms with Gasteiger partial charge in [-0.25, -0.2) is 4.98 Å². The van der Waals surface area contributed by atoms with Crippen molar-refractivity contribution < 1.29 is 33.6 Å². The Morgan fingerprint density at radius 2 is 0.914 bits per heavy atom. The minimum Gasteiger partial charge on any atom is -0.355 e. The number of carbonyl (C=O) groups excluding carboxylic acids is 7. The van der Waals surface area contributed by atoms with Gasteiger partial charge in [-0.1, -0.05) is 0 Å². The largest absolute Gasteiger partial charge is 0.355 e. The fraction of sp³-hybridized carbons (Fsp3) is 0.167. The molecule has 0 saturated heterocycles. The van der Waals surface area contributed by atoms with Crippen LogP contribution in [0.3, 0.4) is 0 Å². The molecule has 22 heteroatoms. The second-order valence-electron chi connectivity index (χ2n) is 12.9. The van der Waals surface area contributed by atoms with Crippen molar-refractivity contribution in [1.82, 2.24) is 50.4 Å². The van der Waals surface area contributed by atoms with Crippen LogP contribution in [0.5, 0.6) is 0 Å². The number of nitrogens with one attached hydrogen (secondary N) is 13. The molecular formula is C36H39N15O7. The lowest BCUT2D eigenvalue weighted by Gasteiger charge is -2.09. The highest BCUT2D eigenvalue weighted by molar-refractivity contribution is 6.08. The molecule has 0 spiro atoms. The molecule has 58 heavy (non-hydrogen) atoms. The molecule has 0 fully saturated rings. The van der Waals surface area contributed by atoms with Gasteiger partial charge in [0.15, 0.2) is 5.82 Å². The zero-order valence-corrected chi connectivity index (χ0v) is 31.0. The van der Waals surface area contributed by atoms with Gasteiger partial charge < -0.3 is 72.0 Å². The summed E-state index contributed by atoms with van der Waals surface area (Å²) in [6.45, 7) is 0.930. The Hall–Kier alpha value is -8.14. The average molecular weight is 794 g/mol. The van der Waals surface area contributed by atoms with Gasteiger partial charge in [0.2, 0.25) is 5.91 Å². The van der Waals surface area contributed by atoms with Gasteiger partial charge >= 0.3 is 0 Å². The van der Waals surface area contributed by atoms with Crippen molar-refractivity contribution in [3.63, 3.8) is 0 Å². The van der Waals surface area contributed by atoms with Gasteiger partial charge in [-0.05, 0) is 57.4 Å². The summed E-state index contributed by atoms with van der Waals surface area (Å²) in [6, 6.07) is 7.13. The molecule has 0 aliphatic carbocycles. The summed E-state index contributed by atoms with van der Waals surface area (Å²) < 4.78 is 0. The number of aromatic nitrogens is 7. The number of imidazole rings is 1. The standard InChI is InChI=1S/C36H39N15O7/c1-51(2)7-3-4-39-31(53)24-9-20(14-40-24)47-34(56)27-11-22(16-43-27)49-33(55)26-8-19(13-42-26)46-29(52)18-45-32(54)25-10-21(15-41-25)48-35(57)28-12-23(17-44-28)50-36(58)30-37-5-6-38-30/h5-6,8-17,40-44H,3-4,7,18H2,1-2H3,(H,37,38)(H,39,53)(H,45,54)(H,46,52)(H,47,56)(H,48,57)(H,49,55)(H,50,58). The normalized spacial score (nSPS) is 10.8. The molecule has 0 radical (unpaired) electrons. The first-order valence-electron chi connectivity index (χ1n) is 17.6. The van der Waals surface area contributed by atoms with E-state index in [9.17, 15) is 33.6 Å². The zero-order valence-electron chi connectivity index (χ0n) is 31.0. The third kappa shape index (κ3) is 10.5. The molecule has 0 bridgehead atoms. The Labute approximate surface area is 328 Å². The Morgan fingerprint density at radius 1 is 0.517 bits per heavy atom. The lowest BCUT2D eigenvalue weighted by molar-refractivity contribution is -0.115. The summed E-state index contributed by atoms with van der Waals surface area (Å²) in [7, 11) is 3.90. The van der Waals surface area contributed by atoms with Gasteiger partial charge in [-0.15, -0.1) is 0 Å². The maximum Gasteiger partial charge on any atom is 0.291 e. The van der Waals surface area contributed by atoms with Crippen LogP contribution in [0.1, 0.15) is 69.5 Å². The quantitative estimate of drug-likeness (QED) is 0.0601. The maximum absolute atomic E-state index is 12.9. The van der Waals surface area contributed by atoms with Gasteiger partial charge in [0.05, 0.1) is 35.0 Å². The number of hydrogen-bond acceptors (Lipinski definition) is 9. The van der Waals surface area contributed by atoms with Crippen LogP contribution in [0.15, 0.2) is 73.7 Å². The number of H-pyrrole nitrogens is 6. The van der Waals surface area contributed by atoms with Crippen molar-refractivity contribution in [2.45, 2.75) is 6.42 Å². The highest BCUT2D eigenvalue weighted by atomic mass is 16.2. The molecule has 13 N–H and O–H groups in total. The third-order valence-electron chi connectivity index (χ3n) is 8.14. The van der Waals surface area contributed by atoms with Crippen LogP contribution in [0.4, 0.5) is 28.4 Å². The summed E-state index contributed by atoms with van der Waals surface area (Å²) in [5, 5.41) is 18.4. The molecule has 0 unspecified atom stereocenters. The van der Waals surface area contributed by atoms with E-state index in [1.54, 1.807) is 0 Å². The molecule has 6 heterocycles. The minimum absolute atomic E-state index is 0.0664. The number of amides is 7. The molecule has 22 nitrogen and oxygen atoms in total. The van der Waals surface area contributed by atoms with E-state index in [0.29, 0.717) is 29.3 Å². The Morgan fingerprint density at radius 3 is 1.33 bits per heavy atom. The van der Waals surface area contributed by atoms with Crippen molar-refractivity contribution in [1.29, 1.82) is 0 Å². The van der Waals surface area contributed by atoms with Crippen LogP contribution in [-0.2, 0) is 4.79 Å². The molecule has 0 atom stereocenters. The van der Waals surface area contributed by atoms with Gasteiger partial charge in [-0.3, -0.25) is 33.6 Å². The smallest absolute Gasteiger partial charge is 0.291 e. The van der Waals surface area contributed by atoms with E-state index < -0.39 is 42.0 Å². The van der Waals surface area contributed by atoms with Gasteiger partial charge in [0.1, 0.15) is 28.5 Å². The lowest BCUT2D eigenvalue weighted by Crippen LogP contribution is -2.32. The second kappa shape index (κ2) is 18.0. The number of anilines is 5. The number of aromatic amines is 6. The van der Waals surface area contributed by atoms with Gasteiger partial charge in [0, 0.05) is 49.9 Å². The number of nitrogens with zero attached hydrogens (tertiary/aromatic N) is 2. The van der Waals surface area contributed by atoms with Gasteiger partial charge in [-0.2, -0.15) is 0 Å². The Balaban J connectivity index is 0.908. The van der Waals surface area contributed by atoms with Gasteiger partial charge in [0.25, 0.3) is 35.4 Å². The van der Waals surface area contributed by atoms with Crippen LogP contribution in [-0.4, -0.2) is 115 Å². The molecule has 0 aliphatic heterocycles. The highest BCUT2D eigenvalue weighted by Gasteiger charge is 2.18. The van der Waals surface area contributed by atoms with E-state index in [4.69, 9.17) is 0 Å². The first kappa shape index (κ1) is 39.6. The fourth-order valence-corrected chi connectivity index (χ4v) is 5.32. The summed E-state index contributed by atoms with van der Waals surface area (Å²) in [4.78, 5) is 110. The lowest BCUT2D eigenvalue weighted by atomic mass is 10.3. The molecule has 0 aromatic carbocycles. The maximum atomic E-state index is 12.9. The SMILES string of the molecule is CN(C)CCCNC(=O)c1cc(NC(=O)c2cc(NC(=O)c3cc(NC(=O)CNC(=O)c4cc(NC(=O)c5cc(NC(=O)c6ncc[nH]6)c[nH]5)c[nH]4)c[nH]3)c[nH]2)c[nH]1. The van der Waals surface area contributed by atoms with Crippen molar-refractivity contribution in [3.8, 4) is 0 Å². The van der Waals surface area contributed by atoms with E-state index in [0.717, 1.165) is 13.0 Å². The van der Waals surface area contributed by atoms with Crippen molar-refractivity contribution in [2.75, 3.05) is 60.3 Å². The number of carbonyl (C=O) groups is 7. The predicted octanol–water partition coefficient (Wildman–Crippen LogP) is 2.11. The predicted molar refractivity (Wildman–Crippen MR) is 211 cm³/mol. The number of rotatable bonds is 17. The average Bonchev–Trinajstić information content (AvgIpc) is 4.04. The van der Waals surface area contributed by atoms with Crippen molar-refractivity contribution in [3.05, 3.63) is 108 Å². The van der Waals surface area contributed by atoms with E-state index in [-0.39, 0.29) is 45.9 Å². The molecule has 6 aromatic heterocycles. The van der Waals surface area contributed by atoms with E-state index in [1.807, 2.05) is 19.0 Å². The number of hydrogen-bond donors (Lipinski definition) is 13. The molecule has 300 valence electrons. The molecule has 6 aromatic rings. The molecule has 0 aliphatic rings. The highest BCUT2D eigenvalue weighted by Crippen LogP contribution is 2.18. The summed E-state index contributed by atoms with van der Waals surface area (Å²) >= 11 is 0. The molecule has 6 rings (SSSR count). The fourth-order valence-electron chi connectivity index (χ4n) is 5.32. The third-order valence-corrected chi connectivity index (χ3v) is 8.14. The summed E-state index contributed by atoms with van der Waals surface area (Å²) in [5.74, 6) is -3.49. The van der Waals surface area contributed by atoms with Crippen LogP contribution in [0.25, 0.3) is 0 Å². The van der Waals surface area contributed by atoms with Crippen LogP contribution >= 0.6 is 0 Å². The Bertz CT molecular complexity index is 2430. The summed E-state index contributed by atoms with van der Waals surface area (Å²) in [5.41, 5.74) is 2.28. The van der Waals surface area contributed by atoms with Crippen molar-refractivity contribution in [2.24, 2.45) is 0 Å². The Kier molecular flexibility index (Phi) is 12.3. The zero-order chi connectivity index (χ0) is 41.2.